The topological polar surface area (TPSA) is 75.8 Å². The maximum atomic E-state index is 10.7. The minimum atomic E-state index is -0.357. The Morgan fingerprint density at radius 1 is 1.69 bits per heavy atom. The maximum absolute atomic E-state index is 10.7. The number of ether oxygens (including phenoxy) is 1. The molecule has 3 N–H and O–H groups in total. The number of nitrogens with two attached hydrogens (primary N) is 1. The van der Waals surface area contributed by atoms with E-state index in [0.717, 1.165) is 13.0 Å². The Labute approximate surface area is 77.5 Å². The predicted octanol–water partition coefficient (Wildman–Crippen LogP) is -0.604. The van der Waals surface area contributed by atoms with Crippen molar-refractivity contribution in [2.24, 2.45) is 11.7 Å². The minimum Gasteiger partial charge on any atom is -0.394 e. The van der Waals surface area contributed by atoms with Crippen molar-refractivity contribution >= 4 is 6.03 Å². The quantitative estimate of drug-likeness (QED) is 0.578. The summed E-state index contributed by atoms with van der Waals surface area (Å²) in [4.78, 5) is 12.4. The normalized spacial score (nSPS) is 22.2. The van der Waals surface area contributed by atoms with Gasteiger partial charge < -0.3 is 20.5 Å². The Morgan fingerprint density at radius 3 is 3.00 bits per heavy atom. The first-order valence-electron chi connectivity index (χ1n) is 4.47. The summed E-state index contributed by atoms with van der Waals surface area (Å²) in [5, 5.41) is 8.47. The molecule has 1 fully saturated rings. The molecule has 1 aliphatic rings. The Balaban J connectivity index is 2.14. The van der Waals surface area contributed by atoms with Gasteiger partial charge in [-0.1, -0.05) is 0 Å². The van der Waals surface area contributed by atoms with E-state index in [9.17, 15) is 4.79 Å². The molecule has 0 aromatic carbocycles. The van der Waals surface area contributed by atoms with Gasteiger partial charge in [-0.05, 0) is 6.42 Å². The molecule has 0 radical (unpaired) electrons. The van der Waals surface area contributed by atoms with Crippen LogP contribution in [0.4, 0.5) is 4.79 Å². The van der Waals surface area contributed by atoms with Crippen molar-refractivity contribution in [3.8, 4) is 0 Å². The summed E-state index contributed by atoms with van der Waals surface area (Å²) in [7, 11) is 0. The lowest BCUT2D eigenvalue weighted by atomic mass is 10.1. The van der Waals surface area contributed by atoms with Gasteiger partial charge in [0.2, 0.25) is 0 Å². The van der Waals surface area contributed by atoms with E-state index in [1.54, 1.807) is 4.90 Å². The zero-order valence-electron chi connectivity index (χ0n) is 7.61. The number of carbonyl (C=O) groups excluding carboxylic acids is 1. The number of carbonyl (C=O) groups is 1. The van der Waals surface area contributed by atoms with Crippen LogP contribution >= 0.6 is 0 Å². The summed E-state index contributed by atoms with van der Waals surface area (Å²) in [6.45, 7) is 2.42. The molecule has 2 amide bonds. The number of likely N-dealkylation sites (tertiary alicyclic amines) is 1. The van der Waals surface area contributed by atoms with Crippen LogP contribution in [-0.2, 0) is 4.74 Å². The molecule has 76 valence electrons. The summed E-state index contributed by atoms with van der Waals surface area (Å²) in [5.74, 6) is 0.374. The van der Waals surface area contributed by atoms with E-state index in [4.69, 9.17) is 15.6 Å². The van der Waals surface area contributed by atoms with Gasteiger partial charge in [-0.3, -0.25) is 0 Å². The van der Waals surface area contributed by atoms with Gasteiger partial charge in [0.25, 0.3) is 0 Å². The Bertz CT molecular complexity index is 175. The minimum absolute atomic E-state index is 0.0479. The Morgan fingerprint density at radius 2 is 2.46 bits per heavy atom. The van der Waals surface area contributed by atoms with Crippen molar-refractivity contribution in [2.45, 2.75) is 6.42 Å². The lowest BCUT2D eigenvalue weighted by molar-refractivity contribution is 0.0700. The molecular formula is C8H16N2O3. The third kappa shape index (κ3) is 3.20. The highest BCUT2D eigenvalue weighted by atomic mass is 16.5. The van der Waals surface area contributed by atoms with Crippen LogP contribution in [0, 0.1) is 5.92 Å². The third-order valence-electron chi connectivity index (χ3n) is 2.19. The zero-order valence-corrected chi connectivity index (χ0v) is 7.61. The summed E-state index contributed by atoms with van der Waals surface area (Å²) >= 11 is 0. The van der Waals surface area contributed by atoms with Crippen molar-refractivity contribution < 1.29 is 14.6 Å². The largest absolute Gasteiger partial charge is 0.394 e. The molecule has 0 aromatic heterocycles. The van der Waals surface area contributed by atoms with Gasteiger partial charge in [0.05, 0.1) is 19.8 Å². The van der Waals surface area contributed by atoms with Crippen LogP contribution < -0.4 is 5.73 Å². The monoisotopic (exact) mass is 188 g/mol. The van der Waals surface area contributed by atoms with Crippen LogP contribution in [0.3, 0.4) is 0 Å². The first-order valence-corrected chi connectivity index (χ1v) is 4.47. The molecule has 1 unspecified atom stereocenters. The second-order valence-electron chi connectivity index (χ2n) is 3.24. The fraction of sp³-hybridized carbons (Fsp3) is 0.875. The molecule has 0 aromatic rings. The second kappa shape index (κ2) is 5.04. The number of nitrogens with zero attached hydrogens (tertiary/aromatic N) is 1. The van der Waals surface area contributed by atoms with E-state index in [2.05, 4.69) is 0 Å². The molecule has 1 heterocycles. The van der Waals surface area contributed by atoms with Crippen LogP contribution in [0.25, 0.3) is 0 Å². The molecule has 1 rings (SSSR count). The van der Waals surface area contributed by atoms with Gasteiger partial charge in [-0.25, -0.2) is 4.79 Å². The Kier molecular flexibility index (Phi) is 3.98. The van der Waals surface area contributed by atoms with E-state index in [-0.39, 0.29) is 12.6 Å². The molecule has 1 aliphatic heterocycles. The van der Waals surface area contributed by atoms with E-state index in [1.165, 1.54) is 0 Å². The lowest BCUT2D eigenvalue weighted by Crippen LogP contribution is -2.34. The van der Waals surface area contributed by atoms with E-state index >= 15 is 0 Å². The molecule has 0 aliphatic carbocycles. The second-order valence-corrected chi connectivity index (χ2v) is 3.24. The summed E-state index contributed by atoms with van der Waals surface area (Å²) in [6.07, 6.45) is 0.939. The van der Waals surface area contributed by atoms with Gasteiger partial charge in [-0.2, -0.15) is 0 Å². The van der Waals surface area contributed by atoms with Crippen LogP contribution in [0.15, 0.2) is 0 Å². The van der Waals surface area contributed by atoms with Crippen molar-refractivity contribution in [3.63, 3.8) is 0 Å². The fourth-order valence-corrected chi connectivity index (χ4v) is 1.48. The average Bonchev–Trinajstić information content (AvgIpc) is 2.53. The van der Waals surface area contributed by atoms with Crippen LogP contribution in [0.5, 0.6) is 0 Å². The van der Waals surface area contributed by atoms with Gasteiger partial charge in [0, 0.05) is 19.0 Å². The number of aliphatic hydroxyl groups excluding tert-OH is 1. The van der Waals surface area contributed by atoms with Gasteiger partial charge >= 0.3 is 6.03 Å². The number of aliphatic hydroxyl groups is 1. The number of hydrogen-bond donors (Lipinski definition) is 2. The summed E-state index contributed by atoms with van der Waals surface area (Å²) in [5.41, 5.74) is 5.12. The lowest BCUT2D eigenvalue weighted by Gasteiger charge is -2.13. The van der Waals surface area contributed by atoms with E-state index in [0.29, 0.717) is 25.7 Å². The smallest absolute Gasteiger partial charge is 0.314 e. The molecule has 0 spiro atoms. The SMILES string of the molecule is NC(=O)N1CCC(COCCO)C1. The standard InChI is InChI=1S/C8H16N2O3/c9-8(12)10-2-1-7(5-10)6-13-4-3-11/h7,11H,1-6H2,(H2,9,12). The van der Waals surface area contributed by atoms with Crippen LogP contribution in [0.2, 0.25) is 0 Å². The van der Waals surface area contributed by atoms with Gasteiger partial charge in [0.1, 0.15) is 0 Å². The summed E-state index contributed by atoms with van der Waals surface area (Å²) < 4.78 is 5.17. The van der Waals surface area contributed by atoms with Crippen LogP contribution in [-0.4, -0.2) is 48.9 Å². The van der Waals surface area contributed by atoms with E-state index < -0.39 is 0 Å². The van der Waals surface area contributed by atoms with Crippen molar-refractivity contribution in [1.29, 1.82) is 0 Å². The maximum Gasteiger partial charge on any atom is 0.314 e. The number of hydrogen-bond acceptors (Lipinski definition) is 3. The highest BCUT2D eigenvalue weighted by Gasteiger charge is 2.24. The first-order chi connectivity index (χ1) is 6.24. The van der Waals surface area contributed by atoms with E-state index in [1.807, 2.05) is 0 Å². The highest BCUT2D eigenvalue weighted by molar-refractivity contribution is 5.72. The molecule has 5 heteroatoms. The third-order valence-corrected chi connectivity index (χ3v) is 2.19. The van der Waals surface area contributed by atoms with Gasteiger partial charge in [0.15, 0.2) is 0 Å². The molecule has 13 heavy (non-hydrogen) atoms. The predicted molar refractivity (Wildman–Crippen MR) is 47.2 cm³/mol. The fourth-order valence-electron chi connectivity index (χ4n) is 1.48. The van der Waals surface area contributed by atoms with Gasteiger partial charge in [-0.15, -0.1) is 0 Å². The first kappa shape index (κ1) is 10.3. The van der Waals surface area contributed by atoms with Crippen molar-refractivity contribution in [1.82, 2.24) is 4.90 Å². The highest BCUT2D eigenvalue weighted by Crippen LogP contribution is 2.15. The number of amides is 2. The molecule has 1 saturated heterocycles. The number of urea groups is 1. The average molecular weight is 188 g/mol. The van der Waals surface area contributed by atoms with Crippen molar-refractivity contribution in [3.05, 3.63) is 0 Å². The van der Waals surface area contributed by atoms with Crippen molar-refractivity contribution in [2.75, 3.05) is 32.9 Å². The number of primary amides is 1. The molecule has 0 bridgehead atoms. The Hall–Kier alpha value is -0.810. The molecule has 1 atom stereocenters. The number of rotatable bonds is 4. The molecular weight excluding hydrogens is 172 g/mol. The zero-order chi connectivity index (χ0) is 9.68. The summed E-state index contributed by atoms with van der Waals surface area (Å²) in [6, 6.07) is -0.357. The van der Waals surface area contributed by atoms with Crippen LogP contribution in [0.1, 0.15) is 6.42 Å². The molecule has 5 nitrogen and oxygen atoms in total. The molecule has 0 saturated carbocycles.